The van der Waals surface area contributed by atoms with Crippen LogP contribution in [0.5, 0.6) is 0 Å². The minimum Gasteiger partial charge on any atom is -0.391 e. The fraction of sp³-hybridized carbons (Fsp3) is 0.812. The number of sulfonamides is 1. The second-order valence-corrected chi connectivity index (χ2v) is 8.55. The van der Waals surface area contributed by atoms with Gasteiger partial charge in [-0.05, 0) is 32.6 Å². The van der Waals surface area contributed by atoms with Gasteiger partial charge in [-0.25, -0.2) is 12.7 Å². The van der Waals surface area contributed by atoms with Gasteiger partial charge in [0.1, 0.15) is 4.90 Å². The molecule has 132 valence electrons. The summed E-state index contributed by atoms with van der Waals surface area (Å²) >= 11 is 0. The maximum atomic E-state index is 12.6. The molecule has 1 aromatic rings. The molecule has 0 amide bonds. The number of aryl methyl sites for hydroxylation is 1. The van der Waals surface area contributed by atoms with Crippen LogP contribution in [0.2, 0.25) is 0 Å². The van der Waals surface area contributed by atoms with E-state index in [2.05, 4.69) is 5.10 Å². The zero-order valence-electron chi connectivity index (χ0n) is 14.6. The van der Waals surface area contributed by atoms with Crippen molar-refractivity contribution < 1.29 is 13.5 Å². The van der Waals surface area contributed by atoms with Crippen LogP contribution in [0.25, 0.3) is 0 Å². The summed E-state index contributed by atoms with van der Waals surface area (Å²) in [7, 11) is -1.95. The van der Waals surface area contributed by atoms with E-state index in [1.807, 2.05) is 0 Å². The lowest BCUT2D eigenvalue weighted by atomic mass is 9.85. The first-order valence-corrected chi connectivity index (χ1v) is 9.91. The molecule has 1 fully saturated rings. The molecule has 1 saturated carbocycles. The number of hydrogen-bond acceptors (Lipinski definition) is 4. The smallest absolute Gasteiger partial charge is 0.246 e. The molecule has 0 saturated heterocycles. The quantitative estimate of drug-likeness (QED) is 0.858. The van der Waals surface area contributed by atoms with Gasteiger partial charge in [0.2, 0.25) is 10.0 Å². The van der Waals surface area contributed by atoms with Crippen LogP contribution in [0, 0.1) is 19.8 Å². The molecule has 0 spiro atoms. The predicted octanol–water partition coefficient (Wildman–Crippen LogP) is 2.08. The van der Waals surface area contributed by atoms with Crippen LogP contribution in [-0.2, 0) is 16.6 Å². The lowest BCUT2D eigenvalue weighted by Gasteiger charge is -2.26. The van der Waals surface area contributed by atoms with Crippen molar-refractivity contribution in [2.75, 3.05) is 13.6 Å². The van der Waals surface area contributed by atoms with Crippen LogP contribution >= 0.6 is 0 Å². The van der Waals surface area contributed by atoms with Crippen molar-refractivity contribution in [2.45, 2.75) is 70.4 Å². The summed E-state index contributed by atoms with van der Waals surface area (Å²) < 4.78 is 28.2. The van der Waals surface area contributed by atoms with E-state index < -0.39 is 16.1 Å². The molecule has 1 aliphatic carbocycles. The lowest BCUT2D eigenvalue weighted by molar-refractivity contribution is 0.0658. The van der Waals surface area contributed by atoms with Crippen LogP contribution in [0.3, 0.4) is 0 Å². The summed E-state index contributed by atoms with van der Waals surface area (Å²) in [4.78, 5) is 0.276. The Kier molecular flexibility index (Phi) is 5.86. The molecular formula is C16H29N3O3S. The van der Waals surface area contributed by atoms with Gasteiger partial charge in [-0.3, -0.25) is 4.68 Å². The summed E-state index contributed by atoms with van der Waals surface area (Å²) in [6.07, 6.45) is 5.20. The van der Waals surface area contributed by atoms with Gasteiger partial charge in [-0.15, -0.1) is 0 Å². The fourth-order valence-electron chi connectivity index (χ4n) is 3.40. The third kappa shape index (κ3) is 3.78. The largest absolute Gasteiger partial charge is 0.391 e. The van der Waals surface area contributed by atoms with Gasteiger partial charge in [-0.1, -0.05) is 26.2 Å². The zero-order valence-corrected chi connectivity index (χ0v) is 15.4. The molecule has 0 aliphatic heterocycles. The van der Waals surface area contributed by atoms with Crippen LogP contribution in [0.4, 0.5) is 0 Å². The van der Waals surface area contributed by atoms with Gasteiger partial charge in [-0.2, -0.15) is 5.10 Å². The summed E-state index contributed by atoms with van der Waals surface area (Å²) in [5.41, 5.74) is 1.11. The topological polar surface area (TPSA) is 75.4 Å². The van der Waals surface area contributed by atoms with Crippen molar-refractivity contribution in [1.29, 1.82) is 0 Å². The van der Waals surface area contributed by atoms with Gasteiger partial charge in [0.15, 0.2) is 0 Å². The van der Waals surface area contributed by atoms with Crippen molar-refractivity contribution in [2.24, 2.45) is 5.92 Å². The van der Waals surface area contributed by atoms with Gasteiger partial charge in [0, 0.05) is 13.6 Å². The Morgan fingerprint density at radius 2 is 1.91 bits per heavy atom. The van der Waals surface area contributed by atoms with Gasteiger partial charge >= 0.3 is 0 Å². The first kappa shape index (κ1) is 18.4. The number of aliphatic hydroxyl groups is 1. The Morgan fingerprint density at radius 1 is 1.30 bits per heavy atom. The van der Waals surface area contributed by atoms with Crippen molar-refractivity contribution in [3.05, 3.63) is 11.4 Å². The number of aliphatic hydroxyl groups excluding tert-OH is 1. The van der Waals surface area contributed by atoms with Crippen molar-refractivity contribution in [3.8, 4) is 0 Å². The molecule has 23 heavy (non-hydrogen) atoms. The normalized spacial score (nSPS) is 18.5. The molecule has 1 aromatic heterocycles. The van der Waals surface area contributed by atoms with Crippen LogP contribution in [-0.4, -0.2) is 47.3 Å². The summed E-state index contributed by atoms with van der Waals surface area (Å²) in [5.74, 6) is 0.297. The molecule has 1 atom stereocenters. The van der Waals surface area contributed by atoms with Crippen molar-refractivity contribution >= 4 is 10.0 Å². The second-order valence-electron chi connectivity index (χ2n) is 6.57. The van der Waals surface area contributed by atoms with E-state index in [4.69, 9.17) is 0 Å². The van der Waals surface area contributed by atoms with Gasteiger partial charge in [0.05, 0.1) is 24.0 Å². The Labute approximate surface area is 139 Å². The van der Waals surface area contributed by atoms with E-state index >= 15 is 0 Å². The van der Waals surface area contributed by atoms with Crippen LogP contribution in [0.15, 0.2) is 4.90 Å². The highest BCUT2D eigenvalue weighted by Crippen LogP contribution is 2.28. The second kappa shape index (κ2) is 7.32. The Hall–Kier alpha value is -0.920. The summed E-state index contributed by atoms with van der Waals surface area (Å²) in [5, 5.41) is 14.9. The van der Waals surface area contributed by atoms with Crippen LogP contribution < -0.4 is 0 Å². The average molecular weight is 343 g/mol. The van der Waals surface area contributed by atoms with E-state index in [-0.39, 0.29) is 4.90 Å². The minimum atomic E-state index is -3.52. The maximum absolute atomic E-state index is 12.6. The molecule has 0 aromatic carbocycles. The third-order valence-electron chi connectivity index (χ3n) is 4.98. The molecule has 7 heteroatoms. The maximum Gasteiger partial charge on any atom is 0.246 e. The van der Waals surface area contributed by atoms with Gasteiger partial charge < -0.3 is 5.11 Å². The molecule has 1 N–H and O–H groups in total. The number of nitrogens with zero attached hydrogens (tertiary/aromatic N) is 3. The van der Waals surface area contributed by atoms with E-state index in [1.54, 1.807) is 32.5 Å². The summed E-state index contributed by atoms with van der Waals surface area (Å²) in [6, 6.07) is 0. The monoisotopic (exact) mass is 343 g/mol. The van der Waals surface area contributed by atoms with Crippen molar-refractivity contribution in [1.82, 2.24) is 14.1 Å². The highest BCUT2D eigenvalue weighted by atomic mass is 32.2. The average Bonchev–Trinajstić information content (AvgIpc) is 2.81. The molecule has 2 rings (SSSR count). The molecular weight excluding hydrogens is 314 g/mol. The molecule has 0 bridgehead atoms. The molecule has 1 heterocycles. The molecule has 6 nitrogen and oxygen atoms in total. The number of rotatable bonds is 6. The van der Waals surface area contributed by atoms with E-state index in [0.717, 1.165) is 12.8 Å². The third-order valence-corrected chi connectivity index (χ3v) is 7.17. The highest BCUT2D eigenvalue weighted by molar-refractivity contribution is 7.89. The Morgan fingerprint density at radius 3 is 2.48 bits per heavy atom. The number of hydrogen-bond donors (Lipinski definition) is 1. The predicted molar refractivity (Wildman–Crippen MR) is 89.8 cm³/mol. The fourth-order valence-corrected chi connectivity index (χ4v) is 4.95. The minimum absolute atomic E-state index is 0.276. The standard InChI is InChI=1S/C16H29N3O3S/c1-5-18(4)23(21,22)16-12(2)17-19(13(16)3)11-15(20)14-9-7-6-8-10-14/h14-15,20H,5-11H2,1-4H3/t15-/m0/s1. The molecule has 0 unspecified atom stereocenters. The first-order valence-electron chi connectivity index (χ1n) is 8.47. The SMILES string of the molecule is CCN(C)S(=O)(=O)c1c(C)nn(C[C@H](O)C2CCCCC2)c1C. The number of aromatic nitrogens is 2. The Balaban J connectivity index is 2.23. The first-order chi connectivity index (χ1) is 10.8. The van der Waals surface area contributed by atoms with Gasteiger partial charge in [0.25, 0.3) is 0 Å². The Bertz CT molecular complexity index is 633. The van der Waals surface area contributed by atoms with E-state index in [0.29, 0.717) is 30.4 Å². The molecule has 0 radical (unpaired) electrons. The van der Waals surface area contributed by atoms with Crippen LogP contribution in [0.1, 0.15) is 50.4 Å². The van der Waals surface area contributed by atoms with E-state index in [1.165, 1.54) is 23.6 Å². The summed E-state index contributed by atoms with van der Waals surface area (Å²) in [6.45, 7) is 6.07. The zero-order chi connectivity index (χ0) is 17.2. The highest BCUT2D eigenvalue weighted by Gasteiger charge is 2.29. The van der Waals surface area contributed by atoms with Crippen molar-refractivity contribution in [3.63, 3.8) is 0 Å². The molecule has 1 aliphatic rings. The van der Waals surface area contributed by atoms with E-state index in [9.17, 15) is 13.5 Å². The lowest BCUT2D eigenvalue weighted by Crippen LogP contribution is -2.29.